The van der Waals surface area contributed by atoms with Crippen molar-refractivity contribution < 1.29 is 9.21 Å². The maximum absolute atomic E-state index is 12.3. The summed E-state index contributed by atoms with van der Waals surface area (Å²) in [6.45, 7) is 2.43. The largest absolute Gasteiger partial charge is 0.452 e. The van der Waals surface area contributed by atoms with E-state index >= 15 is 0 Å². The summed E-state index contributed by atoms with van der Waals surface area (Å²) < 4.78 is 7.00. The first-order chi connectivity index (χ1) is 8.97. The molecule has 0 unspecified atom stereocenters. The second-order valence-corrected chi connectivity index (χ2v) is 5.97. The molecule has 0 saturated carbocycles. The Labute approximate surface area is 128 Å². The molecule has 1 aromatic carbocycles. The average Bonchev–Trinajstić information content (AvgIpc) is 2.77. The summed E-state index contributed by atoms with van der Waals surface area (Å²) >= 11 is 6.68. The molecular formula is C14H13Br2NO2. The Balaban J connectivity index is 2.12. The SMILES string of the molecule is Cc1ccc(C(=O)N(C)Cc2ccc(Br)o2)cc1Br. The first-order valence-electron chi connectivity index (χ1n) is 5.73. The quantitative estimate of drug-likeness (QED) is 0.783. The van der Waals surface area contributed by atoms with Gasteiger partial charge in [-0.3, -0.25) is 4.79 Å². The Morgan fingerprint density at radius 3 is 2.58 bits per heavy atom. The molecule has 0 bridgehead atoms. The van der Waals surface area contributed by atoms with Gasteiger partial charge in [-0.2, -0.15) is 0 Å². The lowest BCUT2D eigenvalue weighted by atomic mass is 10.1. The molecule has 2 rings (SSSR count). The fourth-order valence-electron chi connectivity index (χ4n) is 1.69. The van der Waals surface area contributed by atoms with Gasteiger partial charge in [0.05, 0.1) is 6.54 Å². The number of halogens is 2. The molecule has 0 aliphatic heterocycles. The van der Waals surface area contributed by atoms with Gasteiger partial charge in [-0.05, 0) is 52.7 Å². The third-order valence-corrected chi connectivity index (χ3v) is 4.07. The lowest BCUT2D eigenvalue weighted by Gasteiger charge is -2.16. The van der Waals surface area contributed by atoms with Crippen LogP contribution in [0.4, 0.5) is 0 Å². The summed E-state index contributed by atoms with van der Waals surface area (Å²) in [5, 5.41) is 0. The van der Waals surface area contributed by atoms with Gasteiger partial charge in [0, 0.05) is 17.1 Å². The second-order valence-electron chi connectivity index (χ2n) is 4.33. The maximum Gasteiger partial charge on any atom is 0.254 e. The van der Waals surface area contributed by atoms with Crippen LogP contribution in [-0.2, 0) is 6.54 Å². The molecule has 0 aliphatic rings. The van der Waals surface area contributed by atoms with Crippen molar-refractivity contribution >= 4 is 37.8 Å². The van der Waals surface area contributed by atoms with E-state index in [1.165, 1.54) is 0 Å². The number of nitrogens with zero attached hydrogens (tertiary/aromatic N) is 1. The van der Waals surface area contributed by atoms with Gasteiger partial charge in [-0.25, -0.2) is 0 Å². The van der Waals surface area contributed by atoms with Crippen LogP contribution >= 0.6 is 31.9 Å². The predicted molar refractivity (Wildman–Crippen MR) is 81.1 cm³/mol. The molecule has 0 spiro atoms. The molecule has 0 aliphatic carbocycles. The highest BCUT2D eigenvalue weighted by atomic mass is 79.9. The van der Waals surface area contributed by atoms with Crippen molar-refractivity contribution in [1.82, 2.24) is 4.90 Å². The Morgan fingerprint density at radius 1 is 1.26 bits per heavy atom. The molecule has 0 saturated heterocycles. The van der Waals surface area contributed by atoms with Gasteiger partial charge in [-0.15, -0.1) is 0 Å². The number of carbonyl (C=O) groups excluding carboxylic acids is 1. The van der Waals surface area contributed by atoms with Gasteiger partial charge >= 0.3 is 0 Å². The highest BCUT2D eigenvalue weighted by molar-refractivity contribution is 9.10. The van der Waals surface area contributed by atoms with Gasteiger partial charge in [-0.1, -0.05) is 22.0 Å². The van der Waals surface area contributed by atoms with Crippen molar-refractivity contribution in [3.8, 4) is 0 Å². The number of hydrogen-bond donors (Lipinski definition) is 0. The third kappa shape index (κ3) is 3.48. The van der Waals surface area contributed by atoms with Crippen LogP contribution in [0.1, 0.15) is 21.7 Å². The fourth-order valence-corrected chi connectivity index (χ4v) is 2.41. The van der Waals surface area contributed by atoms with Crippen molar-refractivity contribution in [2.75, 3.05) is 7.05 Å². The number of rotatable bonds is 3. The van der Waals surface area contributed by atoms with Crippen molar-refractivity contribution in [3.63, 3.8) is 0 Å². The number of carbonyl (C=O) groups is 1. The first-order valence-corrected chi connectivity index (χ1v) is 7.32. The van der Waals surface area contributed by atoms with Crippen molar-refractivity contribution in [2.24, 2.45) is 0 Å². The van der Waals surface area contributed by atoms with E-state index in [9.17, 15) is 4.79 Å². The summed E-state index contributed by atoms with van der Waals surface area (Å²) in [6.07, 6.45) is 0. The number of furan rings is 1. The van der Waals surface area contributed by atoms with Crippen LogP contribution in [0.5, 0.6) is 0 Å². The molecule has 100 valence electrons. The van der Waals surface area contributed by atoms with Gasteiger partial charge in [0.25, 0.3) is 5.91 Å². The lowest BCUT2D eigenvalue weighted by Crippen LogP contribution is -2.26. The Morgan fingerprint density at radius 2 is 2.00 bits per heavy atom. The molecule has 0 radical (unpaired) electrons. The number of hydrogen-bond acceptors (Lipinski definition) is 2. The van der Waals surface area contributed by atoms with Crippen molar-refractivity contribution in [2.45, 2.75) is 13.5 Å². The van der Waals surface area contributed by atoms with Crippen molar-refractivity contribution in [3.05, 3.63) is 56.4 Å². The molecule has 1 heterocycles. The normalized spacial score (nSPS) is 10.5. The number of benzene rings is 1. The standard InChI is InChI=1S/C14H13Br2NO2/c1-9-3-4-10(7-12(9)15)14(18)17(2)8-11-5-6-13(16)19-11/h3-7H,8H2,1-2H3. The molecule has 3 nitrogen and oxygen atoms in total. The minimum atomic E-state index is -0.0341. The van der Waals surface area contributed by atoms with Crippen molar-refractivity contribution in [1.29, 1.82) is 0 Å². The van der Waals surface area contributed by atoms with E-state index in [2.05, 4.69) is 31.9 Å². The van der Waals surface area contributed by atoms with E-state index < -0.39 is 0 Å². The second kappa shape index (κ2) is 5.92. The molecule has 1 aromatic heterocycles. The van der Waals surface area contributed by atoms with E-state index in [-0.39, 0.29) is 5.91 Å². The molecule has 19 heavy (non-hydrogen) atoms. The molecule has 0 fully saturated rings. The Kier molecular flexibility index (Phi) is 4.47. The van der Waals surface area contributed by atoms with E-state index in [4.69, 9.17) is 4.42 Å². The monoisotopic (exact) mass is 385 g/mol. The van der Waals surface area contributed by atoms with Gasteiger partial charge in [0.15, 0.2) is 4.67 Å². The fraction of sp³-hybridized carbons (Fsp3) is 0.214. The molecule has 5 heteroatoms. The molecule has 0 N–H and O–H groups in total. The highest BCUT2D eigenvalue weighted by Gasteiger charge is 2.14. The third-order valence-electron chi connectivity index (χ3n) is 2.79. The van der Waals surface area contributed by atoms with E-state index in [1.54, 1.807) is 11.9 Å². The van der Waals surface area contributed by atoms with E-state index in [1.807, 2.05) is 37.3 Å². The zero-order valence-corrected chi connectivity index (χ0v) is 13.8. The topological polar surface area (TPSA) is 33.5 Å². The summed E-state index contributed by atoms with van der Waals surface area (Å²) in [5.74, 6) is 0.710. The summed E-state index contributed by atoms with van der Waals surface area (Å²) in [4.78, 5) is 13.9. The van der Waals surface area contributed by atoms with Gasteiger partial charge in [0.1, 0.15) is 5.76 Å². The number of amides is 1. The molecule has 1 amide bonds. The van der Waals surface area contributed by atoms with Crippen LogP contribution in [0.3, 0.4) is 0 Å². The molecular weight excluding hydrogens is 374 g/mol. The predicted octanol–water partition coefficient (Wildman–Crippen LogP) is 4.39. The minimum Gasteiger partial charge on any atom is -0.452 e. The van der Waals surface area contributed by atoms with E-state index in [0.29, 0.717) is 16.8 Å². The van der Waals surface area contributed by atoms with Crippen LogP contribution in [0, 0.1) is 6.92 Å². The molecule has 2 aromatic rings. The maximum atomic E-state index is 12.3. The van der Waals surface area contributed by atoms with E-state index in [0.717, 1.165) is 15.8 Å². The molecule has 0 atom stereocenters. The average molecular weight is 387 g/mol. The first kappa shape index (κ1) is 14.3. The highest BCUT2D eigenvalue weighted by Crippen LogP contribution is 2.20. The summed E-state index contributed by atoms with van der Waals surface area (Å²) in [7, 11) is 1.76. The van der Waals surface area contributed by atoms with Gasteiger partial charge in [0.2, 0.25) is 0 Å². The van der Waals surface area contributed by atoms with Crippen LogP contribution < -0.4 is 0 Å². The summed E-state index contributed by atoms with van der Waals surface area (Å²) in [5.41, 5.74) is 1.76. The van der Waals surface area contributed by atoms with Gasteiger partial charge < -0.3 is 9.32 Å². The number of aryl methyl sites for hydroxylation is 1. The Bertz CT molecular complexity index is 607. The minimum absolute atomic E-state index is 0.0341. The smallest absolute Gasteiger partial charge is 0.254 e. The lowest BCUT2D eigenvalue weighted by molar-refractivity contribution is 0.0775. The zero-order chi connectivity index (χ0) is 14.0. The summed E-state index contributed by atoms with van der Waals surface area (Å²) in [6, 6.07) is 9.26. The van der Waals surface area contributed by atoms with Crippen LogP contribution in [0.25, 0.3) is 0 Å². The Hall–Kier alpha value is -1.07. The zero-order valence-electron chi connectivity index (χ0n) is 10.6. The van der Waals surface area contributed by atoms with Crippen LogP contribution in [0.15, 0.2) is 43.9 Å². The van der Waals surface area contributed by atoms with Crippen LogP contribution in [0.2, 0.25) is 0 Å². The van der Waals surface area contributed by atoms with Crippen LogP contribution in [-0.4, -0.2) is 17.9 Å².